The van der Waals surface area contributed by atoms with Gasteiger partial charge in [-0.15, -0.1) is 0 Å². The first-order valence-corrected chi connectivity index (χ1v) is 18.6. The molecular formula is C43H32BrCl2F4NO6. The molecule has 14 heteroatoms. The van der Waals surface area contributed by atoms with E-state index in [0.717, 1.165) is 17.8 Å². The van der Waals surface area contributed by atoms with Crippen molar-refractivity contribution in [3.05, 3.63) is 169 Å². The van der Waals surface area contributed by atoms with Crippen molar-refractivity contribution in [1.82, 2.24) is 4.57 Å². The van der Waals surface area contributed by atoms with Gasteiger partial charge in [0.2, 0.25) is 0 Å². The Morgan fingerprint density at radius 3 is 1.89 bits per heavy atom. The smallest absolute Gasteiger partial charge is 0.335 e. The number of hydrogen-bond donors (Lipinski definition) is 1. The monoisotopic (exact) mass is 883 g/mol. The Labute approximate surface area is 343 Å². The highest BCUT2D eigenvalue weighted by Crippen LogP contribution is 2.37. The number of carbonyl (C=O) groups excluding carboxylic acids is 2. The van der Waals surface area contributed by atoms with E-state index in [4.69, 9.17) is 32.7 Å². The third kappa shape index (κ3) is 10.9. The molecule has 0 aliphatic carbocycles. The van der Waals surface area contributed by atoms with Crippen molar-refractivity contribution in [2.45, 2.75) is 39.9 Å². The lowest BCUT2D eigenvalue weighted by Gasteiger charge is -2.17. The summed E-state index contributed by atoms with van der Waals surface area (Å²) in [6, 6.07) is 25.8. The lowest BCUT2D eigenvalue weighted by molar-refractivity contribution is -0.117. The molecule has 0 aliphatic heterocycles. The maximum atomic E-state index is 14.1. The fraction of sp³-hybridized carbons (Fsp3) is 0.140. The minimum absolute atomic E-state index is 0.0281. The SMILES string of the molecule is CC(=O)CCC(=O)c1cc(Cl)ccc1OCc1cccc(F)c1F.Cc1ccc(-c2cc(Cl)ccc2OCc2cccc(F)c2F)n1-c1cc(Br)cc(C(=O)O)c1. The van der Waals surface area contributed by atoms with Crippen molar-refractivity contribution in [2.24, 2.45) is 0 Å². The van der Waals surface area contributed by atoms with E-state index in [9.17, 15) is 37.1 Å². The zero-order valence-electron chi connectivity index (χ0n) is 30.2. The van der Waals surface area contributed by atoms with Gasteiger partial charge in [0.1, 0.15) is 30.5 Å². The predicted molar refractivity (Wildman–Crippen MR) is 213 cm³/mol. The highest BCUT2D eigenvalue weighted by Gasteiger charge is 2.19. The van der Waals surface area contributed by atoms with Crippen molar-refractivity contribution in [1.29, 1.82) is 0 Å². The van der Waals surface area contributed by atoms with Gasteiger partial charge in [-0.25, -0.2) is 22.4 Å². The molecule has 0 unspecified atom stereocenters. The van der Waals surface area contributed by atoms with E-state index >= 15 is 0 Å². The number of rotatable bonds is 13. The molecule has 0 amide bonds. The van der Waals surface area contributed by atoms with Crippen LogP contribution in [0.25, 0.3) is 16.9 Å². The summed E-state index contributed by atoms with van der Waals surface area (Å²) in [4.78, 5) is 34.8. The average molecular weight is 886 g/mol. The van der Waals surface area contributed by atoms with Crippen molar-refractivity contribution in [3.63, 3.8) is 0 Å². The minimum Gasteiger partial charge on any atom is -0.488 e. The van der Waals surface area contributed by atoms with Gasteiger partial charge in [-0.2, -0.15) is 0 Å². The second-order valence-electron chi connectivity index (χ2n) is 12.6. The van der Waals surface area contributed by atoms with Crippen LogP contribution < -0.4 is 9.47 Å². The topological polar surface area (TPSA) is 94.8 Å². The summed E-state index contributed by atoms with van der Waals surface area (Å²) in [7, 11) is 0. The Balaban J connectivity index is 0.000000230. The number of carbonyl (C=O) groups is 3. The Hall–Kier alpha value is -5.43. The van der Waals surface area contributed by atoms with Crippen LogP contribution in [0, 0.1) is 30.2 Å². The average Bonchev–Trinajstić information content (AvgIpc) is 3.56. The molecule has 294 valence electrons. The van der Waals surface area contributed by atoms with Gasteiger partial charge in [0.25, 0.3) is 0 Å². The molecule has 1 aromatic heterocycles. The van der Waals surface area contributed by atoms with E-state index in [1.54, 1.807) is 30.3 Å². The van der Waals surface area contributed by atoms with Gasteiger partial charge in [-0.1, -0.05) is 63.4 Å². The third-order valence-electron chi connectivity index (χ3n) is 8.46. The number of carboxylic acids is 1. The standard InChI is InChI=1S/C25H17BrClF2NO3.C18H15ClF2O3/c1-14-5-7-22(30(14)19-10-16(25(31)32)9-17(26)11-19)20-12-18(27)6-8-23(20)33-13-15-3-2-4-21(28)24(15)29;1-11(22)5-7-16(23)14-9-13(19)6-8-17(14)24-10-12-3-2-4-15(20)18(12)21/h2-12H,13H2,1H3,(H,31,32);2-4,6,8-9H,5,7,10H2,1H3. The Morgan fingerprint density at radius 2 is 1.30 bits per heavy atom. The van der Waals surface area contributed by atoms with Gasteiger partial charge in [0, 0.05) is 55.4 Å². The first-order chi connectivity index (χ1) is 27.1. The second kappa shape index (κ2) is 19.1. The number of Topliss-reactive ketones (excluding diaryl/α,β-unsaturated/α-hetero) is 2. The fourth-order valence-corrected chi connectivity index (χ4v) is 6.47. The lowest BCUT2D eigenvalue weighted by Crippen LogP contribution is -2.07. The number of halogens is 7. The Bertz CT molecular complexity index is 2470. The molecule has 1 N–H and O–H groups in total. The number of carboxylic acid groups (broad SMARTS) is 1. The molecule has 6 rings (SSSR count). The van der Waals surface area contributed by atoms with E-state index in [1.807, 2.05) is 23.6 Å². The molecule has 0 saturated carbocycles. The van der Waals surface area contributed by atoms with E-state index in [0.29, 0.717) is 37.2 Å². The fourth-order valence-electron chi connectivity index (χ4n) is 5.65. The Kier molecular flexibility index (Phi) is 14.3. The molecule has 0 spiro atoms. The summed E-state index contributed by atoms with van der Waals surface area (Å²) in [5.41, 5.74) is 3.24. The first kappa shape index (κ1) is 42.7. The summed E-state index contributed by atoms with van der Waals surface area (Å²) in [5, 5.41) is 10.3. The van der Waals surface area contributed by atoms with Crippen LogP contribution in [0.15, 0.2) is 108 Å². The molecule has 6 aromatic rings. The molecule has 0 radical (unpaired) electrons. The number of aromatic carboxylic acids is 1. The van der Waals surface area contributed by atoms with Crippen LogP contribution in [0.2, 0.25) is 10.0 Å². The van der Waals surface area contributed by atoms with E-state index in [-0.39, 0.29) is 65.6 Å². The molecule has 0 saturated heterocycles. The van der Waals surface area contributed by atoms with Gasteiger partial charge < -0.3 is 23.9 Å². The van der Waals surface area contributed by atoms with Gasteiger partial charge >= 0.3 is 5.97 Å². The number of ketones is 2. The zero-order valence-corrected chi connectivity index (χ0v) is 33.3. The van der Waals surface area contributed by atoms with Crippen LogP contribution >= 0.6 is 39.1 Å². The second-order valence-corrected chi connectivity index (χ2v) is 14.4. The normalized spacial score (nSPS) is 10.8. The number of nitrogens with zero attached hydrogens (tertiary/aromatic N) is 1. The number of hydrogen-bond acceptors (Lipinski definition) is 5. The third-order valence-corrected chi connectivity index (χ3v) is 9.38. The molecule has 57 heavy (non-hydrogen) atoms. The van der Waals surface area contributed by atoms with Crippen LogP contribution in [-0.4, -0.2) is 27.2 Å². The Morgan fingerprint density at radius 1 is 0.719 bits per heavy atom. The highest BCUT2D eigenvalue weighted by atomic mass is 79.9. The molecule has 5 aromatic carbocycles. The molecule has 1 heterocycles. The van der Waals surface area contributed by atoms with Gasteiger partial charge in [0.05, 0.1) is 16.8 Å². The quantitative estimate of drug-likeness (QED) is 0.0917. The number of aryl methyl sites for hydroxylation is 1. The van der Waals surface area contributed by atoms with Gasteiger partial charge in [0.15, 0.2) is 29.1 Å². The summed E-state index contributed by atoms with van der Waals surface area (Å²) < 4.78 is 68.4. The maximum absolute atomic E-state index is 14.1. The zero-order chi connectivity index (χ0) is 41.4. The van der Waals surface area contributed by atoms with Crippen LogP contribution in [0.4, 0.5) is 17.6 Å². The molecule has 0 atom stereocenters. The van der Waals surface area contributed by atoms with E-state index < -0.39 is 29.2 Å². The molecule has 0 aliphatic rings. The number of benzene rings is 5. The molecule has 0 bridgehead atoms. The van der Waals surface area contributed by atoms with Crippen LogP contribution in [0.3, 0.4) is 0 Å². The molecule has 0 fully saturated rings. The van der Waals surface area contributed by atoms with E-state index in [1.165, 1.54) is 55.5 Å². The summed E-state index contributed by atoms with van der Waals surface area (Å²) >= 11 is 15.5. The van der Waals surface area contributed by atoms with Crippen LogP contribution in [-0.2, 0) is 18.0 Å². The van der Waals surface area contributed by atoms with Crippen molar-refractivity contribution in [3.8, 4) is 28.4 Å². The highest BCUT2D eigenvalue weighted by molar-refractivity contribution is 9.10. The van der Waals surface area contributed by atoms with Crippen molar-refractivity contribution in [2.75, 3.05) is 0 Å². The molecular weight excluding hydrogens is 853 g/mol. The summed E-state index contributed by atoms with van der Waals surface area (Å²) in [6.07, 6.45) is 0.143. The summed E-state index contributed by atoms with van der Waals surface area (Å²) in [6.45, 7) is 2.86. The minimum atomic E-state index is -1.05. The maximum Gasteiger partial charge on any atom is 0.335 e. The number of aromatic nitrogens is 1. The number of ether oxygens (including phenoxy) is 2. The molecule has 7 nitrogen and oxygen atoms in total. The lowest BCUT2D eigenvalue weighted by atomic mass is 10.0. The summed E-state index contributed by atoms with van der Waals surface area (Å²) in [5.74, 6) is -4.69. The first-order valence-electron chi connectivity index (χ1n) is 17.1. The van der Waals surface area contributed by atoms with Gasteiger partial charge in [-0.05, 0) is 92.7 Å². The van der Waals surface area contributed by atoms with E-state index in [2.05, 4.69) is 15.9 Å². The van der Waals surface area contributed by atoms with Crippen molar-refractivity contribution >= 4 is 56.7 Å². The van der Waals surface area contributed by atoms with Gasteiger partial charge in [-0.3, -0.25) is 4.79 Å². The van der Waals surface area contributed by atoms with Crippen LogP contribution in [0.1, 0.15) is 57.3 Å². The predicted octanol–water partition coefficient (Wildman–Crippen LogP) is 12.2. The largest absolute Gasteiger partial charge is 0.488 e. The van der Waals surface area contributed by atoms with Crippen LogP contribution in [0.5, 0.6) is 11.5 Å². The van der Waals surface area contributed by atoms with Crippen molar-refractivity contribution < 1.29 is 46.5 Å².